The number of benzene rings is 2. The van der Waals surface area contributed by atoms with Crippen LogP contribution in [0.25, 0.3) is 0 Å². The highest BCUT2D eigenvalue weighted by Gasteiger charge is 2.11. The molecule has 0 atom stereocenters. The van der Waals surface area contributed by atoms with E-state index in [-0.39, 0.29) is 0 Å². The lowest BCUT2D eigenvalue weighted by Gasteiger charge is -2.26. The van der Waals surface area contributed by atoms with E-state index in [0.29, 0.717) is 25.5 Å². The van der Waals surface area contributed by atoms with Gasteiger partial charge in [0, 0.05) is 26.6 Å². The Labute approximate surface area is 202 Å². The molecular weight excluding hydrogens is 430 g/mol. The molecule has 0 aromatic heterocycles. The normalized spacial score (nSPS) is 14.7. The van der Waals surface area contributed by atoms with Gasteiger partial charge in [0.2, 0.25) is 5.96 Å². The van der Waals surface area contributed by atoms with Gasteiger partial charge in [0.15, 0.2) is 0 Å². The summed E-state index contributed by atoms with van der Waals surface area (Å²) in [5, 5.41) is 8.48. The smallest absolute Gasteiger partial charge is 0.413 e. The van der Waals surface area contributed by atoms with E-state index in [0.717, 1.165) is 17.9 Å². The van der Waals surface area contributed by atoms with Gasteiger partial charge in [-0.2, -0.15) is 5.10 Å². The van der Waals surface area contributed by atoms with Gasteiger partial charge in [0.1, 0.15) is 5.75 Å². The summed E-state index contributed by atoms with van der Waals surface area (Å²) in [6, 6.07) is 18.0. The van der Waals surface area contributed by atoms with E-state index < -0.39 is 6.09 Å². The van der Waals surface area contributed by atoms with Crippen LogP contribution in [0.1, 0.15) is 36.8 Å². The molecule has 0 bridgehead atoms. The van der Waals surface area contributed by atoms with Gasteiger partial charge in [0.05, 0.1) is 19.9 Å². The average Bonchev–Trinajstić information content (AvgIpc) is 2.87. The van der Waals surface area contributed by atoms with E-state index in [4.69, 9.17) is 9.47 Å². The standard InChI is InChI=1S/C26H35N5O3/c1-30(28-20-22-11-5-3-6-12-22)25(29-26(32)33-2)27-15-10-18-34-24-14-9-13-23(19-24)21-31-16-7-4-8-17-31/h3,5-6,9,11-14,19-20H,4,7-8,10,15-18,21H2,1-2H3,(H,27,29,32). The molecule has 1 heterocycles. The van der Waals surface area contributed by atoms with Gasteiger partial charge in [-0.15, -0.1) is 0 Å². The van der Waals surface area contributed by atoms with E-state index in [1.165, 1.54) is 50.0 Å². The summed E-state index contributed by atoms with van der Waals surface area (Å²) in [5.74, 6) is 1.18. The molecule has 1 aliphatic heterocycles. The van der Waals surface area contributed by atoms with Crippen LogP contribution >= 0.6 is 0 Å². The molecule has 1 aliphatic rings. The molecule has 1 saturated heterocycles. The molecule has 182 valence electrons. The predicted octanol–water partition coefficient (Wildman–Crippen LogP) is 4.12. The topological polar surface area (TPSA) is 78.8 Å². The first-order valence-corrected chi connectivity index (χ1v) is 11.8. The second-order valence-corrected chi connectivity index (χ2v) is 8.19. The molecule has 2 aromatic carbocycles. The Bertz CT molecular complexity index is 942. The maximum atomic E-state index is 11.7. The number of aliphatic imine (C=N–C) groups is 1. The van der Waals surface area contributed by atoms with Crippen molar-refractivity contribution < 1.29 is 14.3 Å². The van der Waals surface area contributed by atoms with Crippen molar-refractivity contribution in [2.24, 2.45) is 10.1 Å². The van der Waals surface area contributed by atoms with Crippen LogP contribution in [0, 0.1) is 0 Å². The fourth-order valence-corrected chi connectivity index (χ4v) is 3.66. The summed E-state index contributed by atoms with van der Waals surface area (Å²) in [7, 11) is 3.03. The van der Waals surface area contributed by atoms with Crippen LogP contribution in [0.3, 0.4) is 0 Å². The SMILES string of the molecule is COC(=O)NC(=NCCCOc1cccc(CN2CCCCC2)c1)N(C)N=Cc1ccccc1. The minimum absolute atomic E-state index is 0.308. The fraction of sp³-hybridized carbons (Fsp3) is 0.423. The molecule has 1 amide bonds. The highest BCUT2D eigenvalue weighted by Crippen LogP contribution is 2.17. The molecule has 3 rings (SSSR count). The molecule has 8 heteroatoms. The van der Waals surface area contributed by atoms with Gasteiger partial charge in [0.25, 0.3) is 0 Å². The lowest BCUT2D eigenvalue weighted by molar-refractivity contribution is 0.175. The van der Waals surface area contributed by atoms with Crippen molar-refractivity contribution in [2.75, 3.05) is 40.4 Å². The molecular formula is C26H35N5O3. The minimum Gasteiger partial charge on any atom is -0.494 e. The van der Waals surface area contributed by atoms with Crippen LogP contribution in [0.5, 0.6) is 5.75 Å². The number of hydrogen-bond acceptors (Lipinski definition) is 6. The van der Waals surface area contributed by atoms with Gasteiger partial charge < -0.3 is 9.47 Å². The molecule has 1 N–H and O–H groups in total. The maximum Gasteiger partial charge on any atom is 0.413 e. The summed E-state index contributed by atoms with van der Waals surface area (Å²) in [6.07, 6.45) is 5.72. The molecule has 0 radical (unpaired) electrons. The first-order valence-electron chi connectivity index (χ1n) is 11.8. The summed E-state index contributed by atoms with van der Waals surface area (Å²) in [4.78, 5) is 18.7. The fourth-order valence-electron chi connectivity index (χ4n) is 3.66. The van der Waals surface area contributed by atoms with Gasteiger partial charge in [-0.05, 0) is 49.2 Å². The Balaban J connectivity index is 1.49. The monoisotopic (exact) mass is 465 g/mol. The summed E-state index contributed by atoms with van der Waals surface area (Å²) < 4.78 is 10.6. The molecule has 0 aliphatic carbocycles. The molecule has 0 spiro atoms. The minimum atomic E-state index is -0.595. The van der Waals surface area contributed by atoms with E-state index in [1.807, 2.05) is 42.5 Å². The van der Waals surface area contributed by atoms with Crippen molar-refractivity contribution in [2.45, 2.75) is 32.2 Å². The zero-order valence-corrected chi connectivity index (χ0v) is 20.2. The Hall–Kier alpha value is -3.39. The number of carbonyl (C=O) groups excluding carboxylic acids is 1. The number of carbonyl (C=O) groups is 1. The summed E-state index contributed by atoms with van der Waals surface area (Å²) in [5.41, 5.74) is 2.22. The number of hydrogen-bond donors (Lipinski definition) is 1. The maximum absolute atomic E-state index is 11.7. The molecule has 34 heavy (non-hydrogen) atoms. The zero-order valence-electron chi connectivity index (χ0n) is 20.2. The second kappa shape index (κ2) is 14.0. The number of nitrogens with one attached hydrogen (secondary N) is 1. The lowest BCUT2D eigenvalue weighted by atomic mass is 10.1. The summed E-state index contributed by atoms with van der Waals surface area (Å²) >= 11 is 0. The van der Waals surface area contributed by atoms with Crippen molar-refractivity contribution in [3.8, 4) is 5.75 Å². The van der Waals surface area contributed by atoms with Crippen LogP contribution in [-0.2, 0) is 11.3 Å². The Morgan fingerprint density at radius 1 is 1.12 bits per heavy atom. The van der Waals surface area contributed by atoms with Crippen molar-refractivity contribution >= 4 is 18.3 Å². The van der Waals surface area contributed by atoms with Crippen LogP contribution in [0.2, 0.25) is 0 Å². The highest BCUT2D eigenvalue weighted by atomic mass is 16.5. The number of piperidine rings is 1. The number of methoxy groups -OCH3 is 1. The van der Waals surface area contributed by atoms with E-state index in [1.54, 1.807) is 13.3 Å². The molecule has 1 fully saturated rings. The highest BCUT2D eigenvalue weighted by molar-refractivity contribution is 5.94. The Kier molecular flexibility index (Phi) is 10.4. The molecule has 0 saturated carbocycles. The van der Waals surface area contributed by atoms with Crippen molar-refractivity contribution in [3.63, 3.8) is 0 Å². The first-order chi connectivity index (χ1) is 16.6. The average molecular weight is 466 g/mol. The number of amides is 1. The number of hydrazone groups is 1. The van der Waals surface area contributed by atoms with E-state index in [2.05, 4.69) is 32.4 Å². The number of guanidine groups is 1. The van der Waals surface area contributed by atoms with Crippen LogP contribution in [-0.4, -0.2) is 68.6 Å². The Morgan fingerprint density at radius 2 is 1.91 bits per heavy atom. The third-order valence-electron chi connectivity index (χ3n) is 5.47. The second-order valence-electron chi connectivity index (χ2n) is 8.19. The van der Waals surface area contributed by atoms with Gasteiger partial charge in [-0.3, -0.25) is 15.2 Å². The molecule has 8 nitrogen and oxygen atoms in total. The number of likely N-dealkylation sites (tertiary alicyclic amines) is 1. The van der Waals surface area contributed by atoms with E-state index in [9.17, 15) is 4.79 Å². The molecule has 2 aromatic rings. The third-order valence-corrected chi connectivity index (χ3v) is 5.47. The molecule has 0 unspecified atom stereocenters. The van der Waals surface area contributed by atoms with E-state index >= 15 is 0 Å². The third kappa shape index (κ3) is 8.86. The van der Waals surface area contributed by atoms with Crippen LogP contribution in [0.4, 0.5) is 4.79 Å². The van der Waals surface area contributed by atoms with Gasteiger partial charge in [-0.25, -0.2) is 9.80 Å². The van der Waals surface area contributed by atoms with Gasteiger partial charge >= 0.3 is 6.09 Å². The number of alkyl carbamates (subject to hydrolysis) is 1. The largest absolute Gasteiger partial charge is 0.494 e. The van der Waals surface area contributed by atoms with Crippen molar-refractivity contribution in [1.82, 2.24) is 15.2 Å². The lowest BCUT2D eigenvalue weighted by Crippen LogP contribution is -2.40. The number of ether oxygens (including phenoxy) is 2. The zero-order chi connectivity index (χ0) is 24.0. The first kappa shape index (κ1) is 25.2. The van der Waals surface area contributed by atoms with Gasteiger partial charge in [-0.1, -0.05) is 48.9 Å². The number of nitrogens with zero attached hydrogens (tertiary/aromatic N) is 4. The quantitative estimate of drug-likeness (QED) is 0.261. The Morgan fingerprint density at radius 3 is 2.68 bits per heavy atom. The van der Waals surface area contributed by atoms with Crippen LogP contribution < -0.4 is 10.1 Å². The predicted molar refractivity (Wildman–Crippen MR) is 135 cm³/mol. The van der Waals surface area contributed by atoms with Crippen LogP contribution in [0.15, 0.2) is 64.7 Å². The van der Waals surface area contributed by atoms with Crippen molar-refractivity contribution in [3.05, 3.63) is 65.7 Å². The number of rotatable bonds is 9. The van der Waals surface area contributed by atoms with Crippen molar-refractivity contribution in [1.29, 1.82) is 0 Å². The summed E-state index contributed by atoms with van der Waals surface area (Å²) in [6.45, 7) is 4.32.